The van der Waals surface area contributed by atoms with Crippen molar-refractivity contribution in [2.75, 3.05) is 7.05 Å². The molecule has 6 heteroatoms. The van der Waals surface area contributed by atoms with E-state index in [0.29, 0.717) is 0 Å². The number of hydrogen-bond donors (Lipinski definition) is 0. The van der Waals surface area contributed by atoms with Gasteiger partial charge in [-0.1, -0.05) is 0 Å². The minimum absolute atomic E-state index is 0.0162. The molecule has 0 N–H and O–H groups in total. The van der Waals surface area contributed by atoms with Gasteiger partial charge in [0, 0.05) is 7.05 Å². The molecular formula is C5H5IN2O2Zn. The first-order valence-corrected chi connectivity index (χ1v) is 11.7. The van der Waals surface area contributed by atoms with E-state index in [1.54, 1.807) is 0 Å². The molecule has 0 aromatic carbocycles. The van der Waals surface area contributed by atoms with Crippen LogP contribution >= 0.6 is 19.8 Å². The van der Waals surface area contributed by atoms with E-state index < -0.39 is 11.9 Å². The van der Waals surface area contributed by atoms with E-state index in [9.17, 15) is 9.59 Å². The molecule has 11 heavy (non-hydrogen) atoms. The Morgan fingerprint density at radius 1 is 1.55 bits per heavy atom. The fraction of sp³-hybridized carbons (Fsp3) is 0.200. The summed E-state index contributed by atoms with van der Waals surface area (Å²) >= 11 is 3.62. The zero-order valence-electron chi connectivity index (χ0n) is 6.00. The van der Waals surface area contributed by atoms with Crippen molar-refractivity contribution in [1.29, 1.82) is 0 Å². The zero-order chi connectivity index (χ0) is 9.02. The Morgan fingerprint density at radius 3 is 2.09 bits per heavy atom. The molecule has 1 aliphatic rings. The van der Waals surface area contributed by atoms with Gasteiger partial charge in [0.25, 0.3) is 0 Å². The summed E-state index contributed by atoms with van der Waals surface area (Å²) in [6.45, 7) is 3.26. The van der Waals surface area contributed by atoms with Gasteiger partial charge in [0.05, 0.1) is 0 Å². The van der Waals surface area contributed by atoms with Crippen molar-refractivity contribution in [2.24, 2.45) is 4.99 Å². The van der Waals surface area contributed by atoms with Crippen LogP contribution < -0.4 is 0 Å². The summed E-state index contributed by atoms with van der Waals surface area (Å²) in [4.78, 5) is 25.3. The summed E-state index contributed by atoms with van der Waals surface area (Å²) in [6.07, 6.45) is 0. The monoisotopic (exact) mass is 316 g/mol. The molecule has 4 nitrogen and oxygen atoms in total. The Kier molecular flexibility index (Phi) is 4.83. The van der Waals surface area contributed by atoms with Crippen LogP contribution in [0.5, 0.6) is 0 Å². The van der Waals surface area contributed by atoms with Crippen LogP contribution in [0.25, 0.3) is 0 Å². The molecule has 0 saturated heterocycles. The molecule has 0 fully saturated rings. The van der Waals surface area contributed by atoms with E-state index >= 15 is 0 Å². The van der Waals surface area contributed by atoms with Gasteiger partial charge in [0.1, 0.15) is 5.91 Å². The number of imide groups is 1. The molecule has 0 spiro atoms. The first-order chi connectivity index (χ1) is 5.13. The van der Waals surface area contributed by atoms with Crippen molar-refractivity contribution in [3.05, 3.63) is 6.92 Å². The summed E-state index contributed by atoms with van der Waals surface area (Å²) in [7, 11) is 1.37. The van der Waals surface area contributed by atoms with Gasteiger partial charge in [-0.3, -0.25) is 0 Å². The van der Waals surface area contributed by atoms with Crippen LogP contribution in [-0.2, 0) is 19.6 Å². The Balaban J connectivity index is 0.000000461. The second-order valence-electron chi connectivity index (χ2n) is 1.71. The molecule has 0 aromatic heterocycles. The van der Waals surface area contributed by atoms with E-state index in [-0.39, 0.29) is 5.71 Å². The third-order valence-corrected chi connectivity index (χ3v) is 1.07. The van der Waals surface area contributed by atoms with Gasteiger partial charge in [-0.2, -0.15) is 0 Å². The quantitative estimate of drug-likeness (QED) is 0.376. The minimum atomic E-state index is -0.537. The summed E-state index contributed by atoms with van der Waals surface area (Å²) in [6, 6.07) is -0.537. The van der Waals surface area contributed by atoms with E-state index in [1.165, 1.54) is 21.8 Å². The van der Waals surface area contributed by atoms with E-state index in [1.807, 2.05) is 0 Å². The fourth-order valence-electron chi connectivity index (χ4n) is 0.519. The summed E-state index contributed by atoms with van der Waals surface area (Å²) in [5.74, 6) is -0.417. The van der Waals surface area contributed by atoms with Gasteiger partial charge >= 0.3 is 40.6 Å². The fourth-order valence-corrected chi connectivity index (χ4v) is 0.519. The second-order valence-corrected chi connectivity index (χ2v) is 1.71. The van der Waals surface area contributed by atoms with Crippen LogP contribution in [0.4, 0.5) is 4.79 Å². The standard InChI is InChI=1S/C5H5N2O2.HI.Zn/c1-3-4(8)7(2)5(9)6-3;;/h1H2,2H3;1H;/q-1;;+2/p-1. The number of rotatable bonds is 0. The number of aliphatic imine (C=N–C) groups is 1. The zero-order valence-corrected chi connectivity index (χ0v) is 11.1. The van der Waals surface area contributed by atoms with Gasteiger partial charge in [-0.25, -0.2) is 16.7 Å². The molecule has 0 atom stereocenters. The van der Waals surface area contributed by atoms with Crippen LogP contribution in [0.15, 0.2) is 4.99 Å². The van der Waals surface area contributed by atoms with Crippen LogP contribution in [0, 0.1) is 6.92 Å². The molecule has 1 aliphatic heterocycles. The van der Waals surface area contributed by atoms with Crippen molar-refractivity contribution in [3.63, 3.8) is 0 Å². The van der Waals surface area contributed by atoms with Crippen molar-refractivity contribution < 1.29 is 24.4 Å². The average molecular weight is 317 g/mol. The first kappa shape index (κ1) is 11.0. The van der Waals surface area contributed by atoms with Gasteiger partial charge in [0.15, 0.2) is 0 Å². The van der Waals surface area contributed by atoms with Crippen LogP contribution in [0.2, 0.25) is 0 Å². The van der Waals surface area contributed by atoms with Crippen molar-refractivity contribution in [2.45, 2.75) is 0 Å². The third kappa shape index (κ3) is 2.52. The number of carbonyl (C=O) groups is 2. The van der Waals surface area contributed by atoms with Crippen molar-refractivity contribution in [1.82, 2.24) is 4.90 Å². The predicted octanol–water partition coefficient (Wildman–Crippen LogP) is 0.737. The molecule has 0 aromatic rings. The molecule has 0 bridgehead atoms. The molecule has 1 heterocycles. The number of urea groups is 1. The number of amides is 3. The summed E-state index contributed by atoms with van der Waals surface area (Å²) < 4.78 is 0. The van der Waals surface area contributed by atoms with Gasteiger partial charge in [-0.15, -0.1) is 0 Å². The van der Waals surface area contributed by atoms with Crippen LogP contribution in [-0.4, -0.2) is 29.6 Å². The molecule has 0 aliphatic carbocycles. The molecule has 0 unspecified atom stereocenters. The SMILES string of the molecule is [CH2-]C1=NC(=O)N(C)C1=O.[Zn+][I]. The molecule has 0 saturated carbocycles. The van der Waals surface area contributed by atoms with E-state index in [4.69, 9.17) is 0 Å². The van der Waals surface area contributed by atoms with Gasteiger partial charge in [-0.05, 0) is 5.71 Å². The molecule has 56 valence electrons. The Morgan fingerprint density at radius 2 is 2.00 bits per heavy atom. The summed E-state index contributed by atoms with van der Waals surface area (Å²) in [5.41, 5.74) is 0.0162. The maximum absolute atomic E-state index is 10.6. The Bertz CT molecular complexity index is 217. The second kappa shape index (κ2) is 4.82. The summed E-state index contributed by atoms with van der Waals surface area (Å²) in [5, 5.41) is 0. The molecule has 3 amide bonds. The van der Waals surface area contributed by atoms with E-state index in [2.05, 4.69) is 31.7 Å². The predicted molar refractivity (Wildman–Crippen MR) is 45.0 cm³/mol. The number of halogens is 1. The van der Waals surface area contributed by atoms with Crippen LogP contribution in [0.3, 0.4) is 0 Å². The average Bonchev–Trinajstić information content (AvgIpc) is 2.22. The van der Waals surface area contributed by atoms with E-state index in [0.717, 1.165) is 4.90 Å². The maximum atomic E-state index is 10.6. The molecular weight excluding hydrogens is 312 g/mol. The molecule has 0 radical (unpaired) electrons. The first-order valence-electron chi connectivity index (χ1n) is 2.62. The number of hydrogen-bond acceptors (Lipinski definition) is 2. The van der Waals surface area contributed by atoms with Crippen molar-refractivity contribution >= 4 is 37.4 Å². The van der Waals surface area contributed by atoms with Crippen LogP contribution in [0.1, 0.15) is 0 Å². The molecule has 1 rings (SSSR count). The third-order valence-electron chi connectivity index (χ3n) is 1.07. The number of nitrogens with zero attached hydrogens (tertiary/aromatic N) is 2. The van der Waals surface area contributed by atoms with Gasteiger partial charge < -0.3 is 9.69 Å². The van der Waals surface area contributed by atoms with Gasteiger partial charge in [0.2, 0.25) is 0 Å². The Labute approximate surface area is 85.3 Å². The number of carbonyl (C=O) groups excluding carboxylic acids is 2. The Hall–Kier alpha value is 0.0334. The normalized spacial score (nSPS) is 16.0. The topological polar surface area (TPSA) is 49.7 Å². The van der Waals surface area contributed by atoms with Crippen molar-refractivity contribution in [3.8, 4) is 0 Å².